The van der Waals surface area contributed by atoms with Crippen LogP contribution in [-0.2, 0) is 24.3 Å². The molecule has 0 fully saturated rings. The van der Waals surface area contributed by atoms with Gasteiger partial charge in [0.05, 0.1) is 6.42 Å². The van der Waals surface area contributed by atoms with Gasteiger partial charge in [-0.2, -0.15) is 0 Å². The highest BCUT2D eigenvalue weighted by atomic mass is 32.2. The van der Waals surface area contributed by atoms with Gasteiger partial charge >= 0.3 is 12.0 Å². The van der Waals surface area contributed by atoms with Crippen LogP contribution < -0.4 is 15.4 Å². The summed E-state index contributed by atoms with van der Waals surface area (Å²) in [6.45, 7) is 1.64. The van der Waals surface area contributed by atoms with Crippen molar-refractivity contribution in [1.29, 1.82) is 0 Å². The maximum atomic E-state index is 11.8. The van der Waals surface area contributed by atoms with Crippen molar-refractivity contribution in [3.05, 3.63) is 17.5 Å². The van der Waals surface area contributed by atoms with Crippen molar-refractivity contribution in [2.75, 3.05) is 19.7 Å². The number of urea groups is 1. The first-order valence-electron chi connectivity index (χ1n) is 7.61. The summed E-state index contributed by atoms with van der Waals surface area (Å²) in [7, 11) is -3.64. The van der Waals surface area contributed by atoms with E-state index in [1.165, 1.54) is 6.07 Å². The van der Waals surface area contributed by atoms with E-state index in [9.17, 15) is 22.8 Å². The monoisotopic (exact) mass is 391 g/mol. The minimum Gasteiger partial charge on any atom is -0.456 e. The zero-order chi connectivity index (χ0) is 18.7. The molecule has 3 N–H and O–H groups in total. The molecule has 0 unspecified atom stereocenters. The van der Waals surface area contributed by atoms with Crippen molar-refractivity contribution < 1.29 is 27.5 Å². The molecule has 0 atom stereocenters. The molecule has 25 heavy (non-hydrogen) atoms. The molecule has 0 radical (unpaired) electrons. The highest BCUT2D eigenvalue weighted by Gasteiger charge is 2.16. The zero-order valence-electron chi connectivity index (χ0n) is 13.7. The Kier molecular flexibility index (Phi) is 9.10. The number of sulfonamides is 1. The summed E-state index contributed by atoms with van der Waals surface area (Å²) in [5.41, 5.74) is 0. The quantitative estimate of drug-likeness (QED) is 0.395. The predicted octanol–water partition coefficient (Wildman–Crippen LogP) is 0.586. The third-order valence-corrected chi connectivity index (χ3v) is 5.67. The lowest BCUT2D eigenvalue weighted by molar-refractivity contribution is -0.148. The van der Waals surface area contributed by atoms with Crippen LogP contribution in [0.25, 0.3) is 0 Å². The van der Waals surface area contributed by atoms with Crippen LogP contribution in [-0.4, -0.2) is 46.0 Å². The largest absolute Gasteiger partial charge is 0.456 e. The standard InChI is InChI=1S/C14H21N3O6S2/c1-2-3-7-15-14(20)17-11(18)10-23-12(19)6-8-16-25(21,22)13-5-4-9-24-13/h4-5,9,16H,2-3,6-8,10H2,1H3,(H2,15,17,18,20). The van der Waals surface area contributed by atoms with Gasteiger partial charge in [0.25, 0.3) is 5.91 Å². The number of rotatable bonds is 10. The van der Waals surface area contributed by atoms with Gasteiger partial charge in [-0.25, -0.2) is 17.9 Å². The van der Waals surface area contributed by atoms with Gasteiger partial charge in [-0.3, -0.25) is 14.9 Å². The van der Waals surface area contributed by atoms with Crippen LogP contribution in [0.1, 0.15) is 26.2 Å². The van der Waals surface area contributed by atoms with E-state index in [0.29, 0.717) is 6.54 Å². The number of hydrogen-bond donors (Lipinski definition) is 3. The van der Waals surface area contributed by atoms with Gasteiger partial charge in [-0.1, -0.05) is 19.4 Å². The van der Waals surface area contributed by atoms with Gasteiger partial charge < -0.3 is 10.1 Å². The Labute approximate surface area is 150 Å². The summed E-state index contributed by atoms with van der Waals surface area (Å²) >= 11 is 1.06. The number of unbranched alkanes of at least 4 members (excludes halogenated alkanes) is 1. The van der Waals surface area contributed by atoms with Crippen LogP contribution in [0, 0.1) is 0 Å². The molecule has 0 aliphatic heterocycles. The molecule has 1 rings (SSSR count). The minimum absolute atomic E-state index is 0.148. The number of carbonyl (C=O) groups is 3. The Bertz CT molecular complexity index is 673. The third kappa shape index (κ3) is 8.61. The predicted molar refractivity (Wildman–Crippen MR) is 91.5 cm³/mol. The van der Waals surface area contributed by atoms with Crippen LogP contribution in [0.3, 0.4) is 0 Å². The molecule has 0 saturated carbocycles. The number of hydrogen-bond acceptors (Lipinski definition) is 7. The summed E-state index contributed by atoms with van der Waals surface area (Å²) in [6.07, 6.45) is 1.46. The molecule has 0 aromatic carbocycles. The molecule has 0 bridgehead atoms. The van der Waals surface area contributed by atoms with Gasteiger partial charge in [0.2, 0.25) is 10.0 Å². The van der Waals surface area contributed by atoms with Gasteiger partial charge in [-0.15, -0.1) is 11.3 Å². The average Bonchev–Trinajstić information content (AvgIpc) is 3.08. The molecule has 1 heterocycles. The zero-order valence-corrected chi connectivity index (χ0v) is 15.4. The first-order chi connectivity index (χ1) is 11.8. The summed E-state index contributed by atoms with van der Waals surface area (Å²) in [5, 5.41) is 6.12. The fourth-order valence-electron chi connectivity index (χ4n) is 1.58. The Morgan fingerprint density at radius 1 is 1.24 bits per heavy atom. The summed E-state index contributed by atoms with van der Waals surface area (Å²) in [5.74, 6) is -1.52. The summed E-state index contributed by atoms with van der Waals surface area (Å²) in [6, 6.07) is 2.39. The molecule has 9 nitrogen and oxygen atoms in total. The molecular formula is C14H21N3O6S2. The Morgan fingerprint density at radius 3 is 2.64 bits per heavy atom. The lowest BCUT2D eigenvalue weighted by atomic mass is 10.3. The van der Waals surface area contributed by atoms with E-state index < -0.39 is 34.5 Å². The fraction of sp³-hybridized carbons (Fsp3) is 0.500. The molecule has 0 aliphatic carbocycles. The number of esters is 1. The normalized spacial score (nSPS) is 10.9. The van der Waals surface area contributed by atoms with E-state index in [4.69, 9.17) is 0 Å². The third-order valence-electron chi connectivity index (χ3n) is 2.81. The SMILES string of the molecule is CCCCNC(=O)NC(=O)COC(=O)CCNS(=O)(=O)c1cccs1. The lowest BCUT2D eigenvalue weighted by Crippen LogP contribution is -2.41. The molecule has 140 valence electrons. The van der Waals surface area contributed by atoms with Crippen LogP contribution in [0.4, 0.5) is 4.79 Å². The minimum atomic E-state index is -3.64. The average molecular weight is 391 g/mol. The molecule has 0 saturated heterocycles. The number of amides is 3. The van der Waals surface area contributed by atoms with Crippen LogP contribution in [0.2, 0.25) is 0 Å². The highest BCUT2D eigenvalue weighted by Crippen LogP contribution is 2.14. The first kappa shape index (κ1) is 21.1. The Morgan fingerprint density at radius 2 is 2.00 bits per heavy atom. The molecule has 1 aromatic heterocycles. The van der Waals surface area contributed by atoms with Gasteiger partial charge in [0, 0.05) is 13.1 Å². The molecule has 0 aliphatic rings. The topological polar surface area (TPSA) is 131 Å². The van der Waals surface area contributed by atoms with E-state index in [1.807, 2.05) is 12.2 Å². The van der Waals surface area contributed by atoms with E-state index in [0.717, 1.165) is 24.2 Å². The second-order valence-corrected chi connectivity index (χ2v) is 7.84. The lowest BCUT2D eigenvalue weighted by Gasteiger charge is -2.07. The van der Waals surface area contributed by atoms with Crippen molar-refractivity contribution in [2.24, 2.45) is 0 Å². The maximum Gasteiger partial charge on any atom is 0.321 e. The second-order valence-electron chi connectivity index (χ2n) is 4.90. The molecule has 0 spiro atoms. The summed E-state index contributed by atoms with van der Waals surface area (Å²) in [4.78, 5) is 34.2. The van der Waals surface area contributed by atoms with Crippen molar-refractivity contribution in [3.8, 4) is 0 Å². The first-order valence-corrected chi connectivity index (χ1v) is 9.98. The number of imide groups is 1. The van der Waals surface area contributed by atoms with Crippen LogP contribution in [0.5, 0.6) is 0 Å². The molecule has 3 amide bonds. The number of carbonyl (C=O) groups excluding carboxylic acids is 3. The van der Waals surface area contributed by atoms with Crippen molar-refractivity contribution in [2.45, 2.75) is 30.4 Å². The maximum absolute atomic E-state index is 11.8. The van der Waals surface area contributed by atoms with Crippen molar-refractivity contribution in [1.82, 2.24) is 15.4 Å². The highest BCUT2D eigenvalue weighted by molar-refractivity contribution is 7.91. The van der Waals surface area contributed by atoms with Gasteiger partial charge in [0.15, 0.2) is 6.61 Å². The van der Waals surface area contributed by atoms with E-state index in [1.54, 1.807) is 11.4 Å². The number of thiophene rings is 1. The Balaban J connectivity index is 2.20. The van der Waals surface area contributed by atoms with E-state index in [2.05, 4.69) is 14.8 Å². The van der Waals surface area contributed by atoms with Gasteiger partial charge in [-0.05, 0) is 17.9 Å². The van der Waals surface area contributed by atoms with E-state index in [-0.39, 0.29) is 17.2 Å². The number of ether oxygens (including phenoxy) is 1. The van der Waals surface area contributed by atoms with Crippen LogP contribution >= 0.6 is 11.3 Å². The van der Waals surface area contributed by atoms with E-state index >= 15 is 0 Å². The van der Waals surface area contributed by atoms with Crippen molar-refractivity contribution >= 4 is 39.3 Å². The number of nitrogens with one attached hydrogen (secondary N) is 3. The van der Waals surface area contributed by atoms with Crippen LogP contribution in [0.15, 0.2) is 21.7 Å². The molecule has 1 aromatic rings. The summed E-state index contributed by atoms with van der Waals surface area (Å²) < 4.78 is 30.7. The second kappa shape index (κ2) is 10.8. The smallest absolute Gasteiger partial charge is 0.321 e. The van der Waals surface area contributed by atoms with Gasteiger partial charge in [0.1, 0.15) is 4.21 Å². The molecular weight excluding hydrogens is 370 g/mol. The Hall–Kier alpha value is -1.98. The fourth-order valence-corrected chi connectivity index (χ4v) is 3.65. The van der Waals surface area contributed by atoms with Crippen molar-refractivity contribution in [3.63, 3.8) is 0 Å². The molecule has 11 heteroatoms.